The molecule has 0 saturated carbocycles. The summed E-state index contributed by atoms with van der Waals surface area (Å²) in [7, 11) is 1.67. The first-order chi connectivity index (χ1) is 7.26. The number of hydrogen-bond acceptors (Lipinski definition) is 4. The summed E-state index contributed by atoms with van der Waals surface area (Å²) >= 11 is 6.95. The molecule has 84 valence electrons. The minimum Gasteiger partial charge on any atom is -0.378 e. The lowest BCUT2D eigenvalue weighted by Gasteiger charge is -2.04. The Kier molecular flexibility index (Phi) is 5.90. The predicted molar refractivity (Wildman–Crippen MR) is 66.6 cm³/mol. The highest BCUT2D eigenvalue weighted by Crippen LogP contribution is 2.10. The van der Waals surface area contributed by atoms with Gasteiger partial charge in [0.25, 0.3) is 0 Å². The average Bonchev–Trinajstić information content (AvgIpc) is 2.18. The molecule has 0 atom stereocenters. The van der Waals surface area contributed by atoms with Crippen LogP contribution in [0.15, 0.2) is 6.07 Å². The van der Waals surface area contributed by atoms with Crippen LogP contribution in [0.2, 0.25) is 0 Å². The van der Waals surface area contributed by atoms with E-state index in [1.165, 1.54) is 6.42 Å². The second-order valence-electron chi connectivity index (χ2n) is 3.18. The van der Waals surface area contributed by atoms with Crippen LogP contribution in [-0.2, 0) is 17.1 Å². The van der Waals surface area contributed by atoms with Crippen LogP contribution in [-0.4, -0.2) is 22.8 Å². The van der Waals surface area contributed by atoms with Gasteiger partial charge in [-0.2, -0.15) is 11.8 Å². The molecule has 1 rings (SSSR count). The molecule has 1 heterocycles. The van der Waals surface area contributed by atoms with Crippen LogP contribution in [0.25, 0.3) is 0 Å². The number of H-pyrrole nitrogens is 1. The van der Waals surface area contributed by atoms with Gasteiger partial charge in [0.05, 0.1) is 12.4 Å². The number of aromatic nitrogens is 2. The molecule has 0 aliphatic heterocycles. The van der Waals surface area contributed by atoms with Crippen molar-refractivity contribution >= 4 is 24.0 Å². The van der Waals surface area contributed by atoms with Crippen molar-refractivity contribution in [2.24, 2.45) is 0 Å². The molecule has 0 aliphatic carbocycles. The number of nitrogens with one attached hydrogen (secondary N) is 1. The highest BCUT2D eigenvalue weighted by molar-refractivity contribution is 7.98. The van der Waals surface area contributed by atoms with E-state index in [1.807, 2.05) is 17.8 Å². The average molecular weight is 244 g/mol. The van der Waals surface area contributed by atoms with E-state index < -0.39 is 0 Å². The van der Waals surface area contributed by atoms with Gasteiger partial charge in [0.2, 0.25) is 0 Å². The van der Waals surface area contributed by atoms with E-state index in [4.69, 9.17) is 17.0 Å². The Labute approximate surface area is 99.7 Å². The topological polar surface area (TPSA) is 37.9 Å². The molecule has 0 spiro atoms. The highest BCUT2D eigenvalue weighted by atomic mass is 32.2. The molecule has 1 aromatic rings. The lowest BCUT2D eigenvalue weighted by Crippen LogP contribution is -2.00. The number of thioether (sulfide) groups is 1. The van der Waals surface area contributed by atoms with Gasteiger partial charge in [0, 0.05) is 12.8 Å². The second-order valence-corrected chi connectivity index (χ2v) is 4.70. The first kappa shape index (κ1) is 12.7. The molecule has 0 amide bonds. The highest BCUT2D eigenvalue weighted by Gasteiger charge is 1.99. The van der Waals surface area contributed by atoms with Crippen molar-refractivity contribution in [1.82, 2.24) is 9.97 Å². The lowest BCUT2D eigenvalue weighted by molar-refractivity contribution is 0.181. The van der Waals surface area contributed by atoms with Gasteiger partial charge < -0.3 is 9.72 Å². The number of methoxy groups -OCH3 is 1. The monoisotopic (exact) mass is 244 g/mol. The van der Waals surface area contributed by atoms with Crippen molar-refractivity contribution in [2.75, 3.05) is 12.9 Å². The summed E-state index contributed by atoms with van der Waals surface area (Å²) in [5.74, 6) is 2.97. The van der Waals surface area contributed by atoms with Crippen LogP contribution in [0.3, 0.4) is 0 Å². The third-order valence-electron chi connectivity index (χ3n) is 1.73. The molecule has 0 fully saturated rings. The van der Waals surface area contributed by atoms with E-state index in [-0.39, 0.29) is 0 Å². The summed E-state index contributed by atoms with van der Waals surface area (Å²) in [6, 6.07) is 1.84. The quantitative estimate of drug-likeness (QED) is 0.617. The molecule has 0 unspecified atom stereocenters. The van der Waals surface area contributed by atoms with Gasteiger partial charge in [-0.1, -0.05) is 19.1 Å². The van der Waals surface area contributed by atoms with Crippen molar-refractivity contribution in [1.29, 1.82) is 0 Å². The molecule has 3 nitrogen and oxygen atoms in total. The summed E-state index contributed by atoms with van der Waals surface area (Å²) in [6.45, 7) is 2.72. The van der Waals surface area contributed by atoms with Crippen LogP contribution in [0.5, 0.6) is 0 Å². The van der Waals surface area contributed by atoms with Crippen molar-refractivity contribution in [3.63, 3.8) is 0 Å². The molecule has 0 aliphatic rings. The summed E-state index contributed by atoms with van der Waals surface area (Å²) in [5.41, 5.74) is 0.990. The van der Waals surface area contributed by atoms with E-state index in [0.29, 0.717) is 11.2 Å². The Balaban J connectivity index is 2.66. The van der Waals surface area contributed by atoms with Gasteiger partial charge in [-0.25, -0.2) is 4.98 Å². The largest absolute Gasteiger partial charge is 0.378 e. The Morgan fingerprint density at radius 3 is 3.07 bits per heavy atom. The van der Waals surface area contributed by atoms with E-state index in [1.54, 1.807) is 7.11 Å². The summed E-state index contributed by atoms with van der Waals surface area (Å²) < 4.78 is 5.68. The van der Waals surface area contributed by atoms with E-state index >= 15 is 0 Å². The number of aromatic amines is 1. The fraction of sp³-hybridized carbons (Fsp3) is 0.600. The SMILES string of the molecule is CCCSCc1nc(=S)cc(COC)[nH]1. The van der Waals surface area contributed by atoms with Gasteiger partial charge in [-0.3, -0.25) is 0 Å². The predicted octanol–water partition coefficient (Wildman–Crippen LogP) is 2.93. The van der Waals surface area contributed by atoms with Crippen LogP contribution >= 0.6 is 24.0 Å². The van der Waals surface area contributed by atoms with Gasteiger partial charge in [0.15, 0.2) is 0 Å². The van der Waals surface area contributed by atoms with E-state index in [9.17, 15) is 0 Å². The van der Waals surface area contributed by atoms with Gasteiger partial charge in [-0.05, 0) is 18.2 Å². The molecule has 15 heavy (non-hydrogen) atoms. The van der Waals surface area contributed by atoms with Gasteiger partial charge in [0.1, 0.15) is 10.5 Å². The summed E-state index contributed by atoms with van der Waals surface area (Å²) in [5, 5.41) is 0. The minimum atomic E-state index is 0.553. The molecular formula is C10H16N2OS2. The molecule has 5 heteroatoms. The fourth-order valence-electron chi connectivity index (χ4n) is 1.18. The number of rotatable bonds is 6. The van der Waals surface area contributed by atoms with Crippen molar-refractivity contribution in [3.05, 3.63) is 22.2 Å². The molecule has 0 bridgehead atoms. The zero-order chi connectivity index (χ0) is 11.1. The molecule has 0 radical (unpaired) electrons. The van der Waals surface area contributed by atoms with E-state index in [0.717, 1.165) is 23.0 Å². The van der Waals surface area contributed by atoms with Gasteiger partial charge in [-0.15, -0.1) is 0 Å². The minimum absolute atomic E-state index is 0.553. The normalized spacial score (nSPS) is 10.5. The van der Waals surface area contributed by atoms with Crippen LogP contribution in [0, 0.1) is 4.64 Å². The summed E-state index contributed by atoms with van der Waals surface area (Å²) in [6.07, 6.45) is 1.18. The molecule has 1 aromatic heterocycles. The molecule has 0 aromatic carbocycles. The third-order valence-corrected chi connectivity index (χ3v) is 3.12. The first-order valence-corrected chi connectivity index (χ1v) is 6.48. The summed E-state index contributed by atoms with van der Waals surface area (Å²) in [4.78, 5) is 7.49. The number of nitrogens with zero attached hydrogens (tertiary/aromatic N) is 1. The van der Waals surface area contributed by atoms with Gasteiger partial charge >= 0.3 is 0 Å². The Morgan fingerprint density at radius 1 is 1.60 bits per heavy atom. The lowest BCUT2D eigenvalue weighted by atomic mass is 10.4. The van der Waals surface area contributed by atoms with Crippen molar-refractivity contribution in [3.8, 4) is 0 Å². The molecular weight excluding hydrogens is 228 g/mol. The smallest absolute Gasteiger partial charge is 0.130 e. The fourth-order valence-corrected chi connectivity index (χ4v) is 2.19. The standard InChI is InChI=1S/C10H16N2OS2/c1-3-4-15-7-9-11-8(6-13-2)5-10(14)12-9/h5H,3-4,6-7H2,1-2H3,(H,11,12,14). The van der Waals surface area contributed by atoms with Crippen LogP contribution in [0.4, 0.5) is 0 Å². The maximum atomic E-state index is 5.08. The Hall–Kier alpha value is -0.390. The molecule has 0 saturated heterocycles. The Morgan fingerprint density at radius 2 is 2.40 bits per heavy atom. The number of hydrogen-bond donors (Lipinski definition) is 1. The third kappa shape index (κ3) is 4.77. The zero-order valence-electron chi connectivity index (χ0n) is 9.08. The first-order valence-electron chi connectivity index (χ1n) is 4.92. The van der Waals surface area contributed by atoms with Crippen molar-refractivity contribution < 1.29 is 4.74 Å². The number of ether oxygens (including phenoxy) is 1. The second kappa shape index (κ2) is 6.98. The molecule has 1 N–H and O–H groups in total. The maximum Gasteiger partial charge on any atom is 0.130 e. The zero-order valence-corrected chi connectivity index (χ0v) is 10.7. The van der Waals surface area contributed by atoms with Crippen LogP contribution < -0.4 is 0 Å². The maximum absolute atomic E-state index is 5.08. The Bertz CT molecular complexity index is 352. The van der Waals surface area contributed by atoms with E-state index in [2.05, 4.69) is 16.9 Å². The van der Waals surface area contributed by atoms with Crippen molar-refractivity contribution in [2.45, 2.75) is 25.7 Å². The van der Waals surface area contributed by atoms with Crippen LogP contribution in [0.1, 0.15) is 24.9 Å².